The first-order valence-corrected chi connectivity index (χ1v) is 22.1. The Morgan fingerprint density at radius 3 is 1.56 bits per heavy atom. The Morgan fingerprint density at radius 2 is 1.10 bits per heavy atom. The van der Waals surface area contributed by atoms with Crippen molar-refractivity contribution in [1.29, 1.82) is 0 Å². The summed E-state index contributed by atoms with van der Waals surface area (Å²) in [5, 5.41) is 13.8. The van der Waals surface area contributed by atoms with E-state index in [9.17, 15) is 19.4 Å². The maximum Gasteiger partial charge on any atom is 0.268 e. The molecule has 50 heavy (non-hydrogen) atoms. The Kier molecular flexibility index (Phi) is 33.1. The molecular formula is C41H81N2O6P. The lowest BCUT2D eigenvalue weighted by atomic mass is 10.0. The highest BCUT2D eigenvalue weighted by Crippen LogP contribution is 2.38. The maximum absolute atomic E-state index is 12.8. The van der Waals surface area contributed by atoms with E-state index in [-0.39, 0.29) is 19.1 Å². The second-order valence-corrected chi connectivity index (χ2v) is 16.7. The van der Waals surface area contributed by atoms with Gasteiger partial charge in [0.15, 0.2) is 0 Å². The fourth-order valence-corrected chi connectivity index (χ4v) is 6.51. The second-order valence-electron chi connectivity index (χ2n) is 15.3. The Morgan fingerprint density at radius 1 is 0.680 bits per heavy atom. The van der Waals surface area contributed by atoms with Crippen LogP contribution in [0.2, 0.25) is 0 Å². The number of rotatable bonds is 37. The third kappa shape index (κ3) is 35.4. The topological polar surface area (TPSA) is 108 Å². The van der Waals surface area contributed by atoms with Crippen molar-refractivity contribution in [2.75, 3.05) is 40.9 Å². The van der Waals surface area contributed by atoms with Gasteiger partial charge in [-0.25, -0.2) is 0 Å². The standard InChI is InChI=1S/C41H81N2O6P/c1-6-8-10-12-14-16-18-20-21-23-25-27-29-31-33-35-41(45)42-39(38-49-50(46,47)48-37-36-43(3,4)5)40(44)34-32-30-28-26-24-22-19-17-15-13-11-9-7-2/h20-21,24,26,39-40,44H,6-19,22-23,25,27-38H2,1-5H3,(H-,42,45,46,47)/b21-20+,26-24+/t39-,40+/m0/s1. The third-order valence-corrected chi connectivity index (χ3v) is 10.1. The van der Waals surface area contributed by atoms with Gasteiger partial charge in [-0.2, -0.15) is 0 Å². The van der Waals surface area contributed by atoms with E-state index < -0.39 is 20.0 Å². The summed E-state index contributed by atoms with van der Waals surface area (Å²) in [6.45, 7) is 4.66. The number of likely N-dealkylation sites (N-methyl/N-ethyl adjacent to an activating group) is 1. The van der Waals surface area contributed by atoms with Crippen molar-refractivity contribution in [3.05, 3.63) is 24.3 Å². The monoisotopic (exact) mass is 729 g/mol. The summed E-state index contributed by atoms with van der Waals surface area (Å²) < 4.78 is 23.2. The number of phosphoric acid groups is 1. The average molecular weight is 729 g/mol. The van der Waals surface area contributed by atoms with Crippen LogP contribution in [0.25, 0.3) is 0 Å². The molecule has 8 nitrogen and oxygen atoms in total. The summed E-state index contributed by atoms with van der Waals surface area (Å²) >= 11 is 0. The van der Waals surface area contributed by atoms with Crippen molar-refractivity contribution in [2.45, 2.75) is 193 Å². The number of nitrogens with one attached hydrogen (secondary N) is 1. The number of unbranched alkanes of at least 4 members (excludes halogenated alkanes) is 20. The van der Waals surface area contributed by atoms with Gasteiger partial charge in [0.2, 0.25) is 5.91 Å². The lowest BCUT2D eigenvalue weighted by Crippen LogP contribution is -2.46. The molecule has 0 heterocycles. The van der Waals surface area contributed by atoms with E-state index in [2.05, 4.69) is 43.5 Å². The van der Waals surface area contributed by atoms with E-state index in [1.165, 1.54) is 96.3 Å². The summed E-state index contributed by atoms with van der Waals surface area (Å²) in [7, 11) is 1.28. The minimum Gasteiger partial charge on any atom is -0.756 e. The van der Waals surface area contributed by atoms with E-state index in [1.807, 2.05) is 21.1 Å². The molecule has 0 spiro atoms. The van der Waals surface area contributed by atoms with Gasteiger partial charge in [-0.15, -0.1) is 0 Å². The zero-order valence-corrected chi connectivity index (χ0v) is 34.2. The van der Waals surface area contributed by atoms with Gasteiger partial charge >= 0.3 is 0 Å². The van der Waals surface area contributed by atoms with Crippen LogP contribution < -0.4 is 10.2 Å². The molecule has 0 aromatic carbocycles. The van der Waals surface area contributed by atoms with Crippen LogP contribution in [0.4, 0.5) is 0 Å². The molecule has 0 rings (SSSR count). The van der Waals surface area contributed by atoms with Gasteiger partial charge in [-0.1, -0.05) is 134 Å². The van der Waals surface area contributed by atoms with Crippen LogP contribution in [0.5, 0.6) is 0 Å². The Hall–Kier alpha value is -1.02. The molecule has 3 atom stereocenters. The van der Waals surface area contributed by atoms with Crippen LogP contribution in [0.3, 0.4) is 0 Å². The molecule has 0 saturated heterocycles. The average Bonchev–Trinajstić information content (AvgIpc) is 3.06. The highest BCUT2D eigenvalue weighted by Gasteiger charge is 2.24. The molecule has 0 radical (unpaired) electrons. The van der Waals surface area contributed by atoms with Gasteiger partial charge in [0, 0.05) is 6.42 Å². The smallest absolute Gasteiger partial charge is 0.268 e. The highest BCUT2D eigenvalue weighted by atomic mass is 31.2. The first kappa shape index (κ1) is 49.0. The van der Waals surface area contributed by atoms with E-state index >= 15 is 0 Å². The number of nitrogens with zero attached hydrogens (tertiary/aromatic N) is 1. The van der Waals surface area contributed by atoms with Crippen molar-refractivity contribution >= 4 is 13.7 Å². The van der Waals surface area contributed by atoms with Gasteiger partial charge in [-0.3, -0.25) is 9.36 Å². The number of aliphatic hydroxyl groups excluding tert-OH is 1. The number of hydrogen-bond donors (Lipinski definition) is 2. The van der Waals surface area contributed by atoms with E-state index in [1.54, 1.807) is 0 Å². The normalized spacial score (nSPS) is 14.8. The summed E-state index contributed by atoms with van der Waals surface area (Å²) in [6, 6.07) is -0.817. The first-order chi connectivity index (χ1) is 24.0. The second kappa shape index (κ2) is 33.8. The van der Waals surface area contributed by atoms with Crippen molar-refractivity contribution < 1.29 is 32.9 Å². The molecule has 0 saturated carbocycles. The summed E-state index contributed by atoms with van der Waals surface area (Å²) in [5.41, 5.74) is 0. The lowest BCUT2D eigenvalue weighted by molar-refractivity contribution is -0.870. The van der Waals surface area contributed by atoms with E-state index in [4.69, 9.17) is 9.05 Å². The maximum atomic E-state index is 12.8. The van der Waals surface area contributed by atoms with Gasteiger partial charge in [0.25, 0.3) is 7.82 Å². The van der Waals surface area contributed by atoms with Crippen LogP contribution >= 0.6 is 7.82 Å². The molecule has 0 aliphatic heterocycles. The molecule has 0 bridgehead atoms. The number of aliphatic hydroxyl groups is 1. The fourth-order valence-electron chi connectivity index (χ4n) is 5.79. The lowest BCUT2D eigenvalue weighted by Gasteiger charge is -2.30. The van der Waals surface area contributed by atoms with Gasteiger partial charge in [-0.05, 0) is 64.2 Å². The first-order valence-electron chi connectivity index (χ1n) is 20.7. The molecular weight excluding hydrogens is 647 g/mol. The van der Waals surface area contributed by atoms with Crippen molar-refractivity contribution in [3.63, 3.8) is 0 Å². The molecule has 1 unspecified atom stereocenters. The van der Waals surface area contributed by atoms with Crippen molar-refractivity contribution in [3.8, 4) is 0 Å². The summed E-state index contributed by atoms with van der Waals surface area (Å²) in [6.07, 6.45) is 37.5. The van der Waals surface area contributed by atoms with E-state index in [0.717, 1.165) is 57.8 Å². The molecule has 0 aromatic heterocycles. The SMILES string of the molecule is CCCCCCCC/C=C/CCCCCCCC(=O)N[C@@H](COP(=O)([O-])OCC[N+](C)(C)C)[C@H](O)CCCC/C=C/CCCCCCCCC. The molecule has 0 aliphatic carbocycles. The Balaban J connectivity index is 4.47. The number of carbonyl (C=O) groups excluding carboxylic acids is 1. The molecule has 0 aromatic rings. The predicted molar refractivity (Wildman–Crippen MR) is 210 cm³/mol. The van der Waals surface area contributed by atoms with Gasteiger partial charge < -0.3 is 28.8 Å². The Labute approximate surface area is 309 Å². The Bertz CT molecular complexity index is 876. The van der Waals surface area contributed by atoms with Crippen molar-refractivity contribution in [2.24, 2.45) is 0 Å². The van der Waals surface area contributed by atoms with Crippen LogP contribution in [0.1, 0.15) is 181 Å². The number of amides is 1. The summed E-state index contributed by atoms with van der Waals surface area (Å²) in [5.74, 6) is -0.185. The van der Waals surface area contributed by atoms with Crippen LogP contribution in [0.15, 0.2) is 24.3 Å². The molecule has 0 fully saturated rings. The quantitative estimate of drug-likeness (QED) is 0.0285. The minimum absolute atomic E-state index is 0.00577. The third-order valence-electron chi connectivity index (χ3n) is 9.16. The number of phosphoric ester groups is 1. The van der Waals surface area contributed by atoms with Gasteiger partial charge in [0.1, 0.15) is 13.2 Å². The zero-order chi connectivity index (χ0) is 37.2. The fraction of sp³-hybridized carbons (Fsp3) is 0.878. The molecule has 2 N–H and O–H groups in total. The van der Waals surface area contributed by atoms with E-state index in [0.29, 0.717) is 23.9 Å². The highest BCUT2D eigenvalue weighted by molar-refractivity contribution is 7.45. The zero-order valence-electron chi connectivity index (χ0n) is 33.4. The van der Waals surface area contributed by atoms with Crippen LogP contribution in [-0.2, 0) is 18.4 Å². The molecule has 1 amide bonds. The molecule has 9 heteroatoms. The largest absolute Gasteiger partial charge is 0.756 e. The van der Waals surface area contributed by atoms with Crippen LogP contribution in [-0.4, -0.2) is 68.5 Å². The van der Waals surface area contributed by atoms with Crippen LogP contribution in [0, 0.1) is 0 Å². The minimum atomic E-state index is -4.57. The molecule has 0 aliphatic rings. The predicted octanol–water partition coefficient (Wildman–Crippen LogP) is 10.3. The number of allylic oxidation sites excluding steroid dienone is 4. The number of quaternary nitrogens is 1. The summed E-state index contributed by atoms with van der Waals surface area (Å²) in [4.78, 5) is 25.2. The van der Waals surface area contributed by atoms with Gasteiger partial charge in [0.05, 0.1) is 39.9 Å². The number of hydrogen-bond acceptors (Lipinski definition) is 6. The van der Waals surface area contributed by atoms with Crippen molar-refractivity contribution in [1.82, 2.24) is 5.32 Å². The number of carbonyl (C=O) groups is 1. The molecule has 296 valence electrons.